The quantitative estimate of drug-likeness (QED) is 0.850. The number of fused-ring (bicyclic) bond motifs is 1. The third kappa shape index (κ3) is 3.48. The monoisotopic (exact) mass is 345 g/mol. The zero-order chi connectivity index (χ0) is 17.2. The Balaban J connectivity index is 1.82. The van der Waals surface area contributed by atoms with E-state index in [1.54, 1.807) is 30.3 Å². The van der Waals surface area contributed by atoms with Crippen molar-refractivity contribution in [3.63, 3.8) is 0 Å². The number of carbonyl (C=O) groups is 1. The Labute approximate surface area is 141 Å². The van der Waals surface area contributed by atoms with Crippen LogP contribution < -0.4 is 10.5 Å². The van der Waals surface area contributed by atoms with Crippen LogP contribution in [0.5, 0.6) is 0 Å². The molecule has 1 aliphatic heterocycles. The summed E-state index contributed by atoms with van der Waals surface area (Å²) in [4.78, 5) is 11.7. The lowest BCUT2D eigenvalue weighted by Crippen LogP contribution is -2.47. The first-order chi connectivity index (χ1) is 11.5. The van der Waals surface area contributed by atoms with Gasteiger partial charge >= 0.3 is 0 Å². The summed E-state index contributed by atoms with van der Waals surface area (Å²) in [5.74, 6) is -0.734. The minimum atomic E-state index is -3.84. The van der Waals surface area contributed by atoms with Gasteiger partial charge in [0, 0.05) is 13.1 Å². The molecule has 0 aliphatic carbocycles. The van der Waals surface area contributed by atoms with Crippen LogP contribution in [0.25, 0.3) is 0 Å². The number of primary amides is 1. The van der Waals surface area contributed by atoms with Crippen LogP contribution in [-0.2, 0) is 28.0 Å². The number of carbonyl (C=O) groups excluding carboxylic acids is 1. The number of amides is 1. The lowest BCUT2D eigenvalue weighted by atomic mass is 10.0. The van der Waals surface area contributed by atoms with Gasteiger partial charge in [-0.1, -0.05) is 54.6 Å². The van der Waals surface area contributed by atoms with Gasteiger partial charge < -0.3 is 5.73 Å². The average molecular weight is 345 g/mol. The first-order valence-electron chi connectivity index (χ1n) is 7.66. The van der Waals surface area contributed by atoms with Crippen LogP contribution in [0, 0.1) is 0 Å². The van der Waals surface area contributed by atoms with Gasteiger partial charge in [-0.15, -0.1) is 0 Å². The highest BCUT2D eigenvalue weighted by molar-refractivity contribution is 7.87. The van der Waals surface area contributed by atoms with E-state index in [-0.39, 0.29) is 6.54 Å². The Bertz CT molecular complexity index is 837. The van der Waals surface area contributed by atoms with E-state index in [2.05, 4.69) is 4.72 Å². The lowest BCUT2D eigenvalue weighted by molar-refractivity contribution is -0.119. The predicted molar refractivity (Wildman–Crippen MR) is 91.0 cm³/mol. The van der Waals surface area contributed by atoms with Crippen molar-refractivity contribution in [2.75, 3.05) is 6.54 Å². The van der Waals surface area contributed by atoms with E-state index in [0.29, 0.717) is 18.5 Å². The predicted octanol–water partition coefficient (Wildman–Crippen LogP) is 1.11. The molecule has 0 radical (unpaired) electrons. The molecule has 0 bridgehead atoms. The Morgan fingerprint density at radius 1 is 1.04 bits per heavy atom. The van der Waals surface area contributed by atoms with E-state index >= 15 is 0 Å². The average Bonchev–Trinajstić information content (AvgIpc) is 2.60. The van der Waals surface area contributed by atoms with Crippen molar-refractivity contribution in [3.8, 4) is 0 Å². The maximum atomic E-state index is 12.7. The van der Waals surface area contributed by atoms with E-state index in [4.69, 9.17) is 5.73 Å². The van der Waals surface area contributed by atoms with Crippen molar-refractivity contribution in [2.24, 2.45) is 5.73 Å². The maximum Gasteiger partial charge on any atom is 0.280 e. The van der Waals surface area contributed by atoms with E-state index in [1.165, 1.54) is 4.31 Å². The van der Waals surface area contributed by atoms with Crippen molar-refractivity contribution >= 4 is 16.1 Å². The molecule has 3 N–H and O–H groups in total. The number of benzene rings is 2. The van der Waals surface area contributed by atoms with Gasteiger partial charge in [-0.25, -0.2) is 0 Å². The van der Waals surface area contributed by atoms with Crippen molar-refractivity contribution < 1.29 is 13.2 Å². The molecule has 1 amide bonds. The molecule has 0 spiro atoms. The molecule has 2 aromatic rings. The van der Waals surface area contributed by atoms with Crippen molar-refractivity contribution in [2.45, 2.75) is 19.0 Å². The normalized spacial score (nSPS) is 16.3. The molecule has 1 heterocycles. The van der Waals surface area contributed by atoms with E-state index < -0.39 is 22.2 Å². The fourth-order valence-corrected chi connectivity index (χ4v) is 4.17. The highest BCUT2D eigenvalue weighted by Crippen LogP contribution is 2.22. The standard InChI is InChI=1S/C17H19N3O3S/c18-17(21)16(14-7-2-1-3-8-14)19-24(22,23)20-11-10-13-6-4-5-9-15(13)12-20/h1-9,16,19H,10-12H2,(H2,18,21)/t16-/m1/s1. The molecule has 0 fully saturated rings. The van der Waals surface area contributed by atoms with Crippen LogP contribution in [0.2, 0.25) is 0 Å². The number of rotatable bonds is 5. The fraction of sp³-hybridized carbons (Fsp3) is 0.235. The summed E-state index contributed by atoms with van der Waals surface area (Å²) >= 11 is 0. The molecule has 0 saturated heterocycles. The smallest absolute Gasteiger partial charge is 0.280 e. The van der Waals surface area contributed by atoms with Gasteiger partial charge in [0.1, 0.15) is 6.04 Å². The molecule has 7 heteroatoms. The van der Waals surface area contributed by atoms with Crippen LogP contribution in [0.15, 0.2) is 54.6 Å². The van der Waals surface area contributed by atoms with Crippen LogP contribution in [0.3, 0.4) is 0 Å². The molecular weight excluding hydrogens is 326 g/mol. The summed E-state index contributed by atoms with van der Waals surface area (Å²) in [6.07, 6.45) is 0.643. The Hall–Kier alpha value is -2.22. The Morgan fingerprint density at radius 3 is 2.33 bits per heavy atom. The van der Waals surface area contributed by atoms with Crippen LogP contribution >= 0.6 is 0 Å². The summed E-state index contributed by atoms with van der Waals surface area (Å²) in [7, 11) is -3.84. The molecule has 0 saturated carbocycles. The molecule has 6 nitrogen and oxygen atoms in total. The molecule has 1 atom stereocenters. The minimum absolute atomic E-state index is 0.284. The van der Waals surface area contributed by atoms with Crippen LogP contribution in [0.4, 0.5) is 0 Å². The SMILES string of the molecule is NC(=O)[C@H](NS(=O)(=O)N1CCc2ccccc2C1)c1ccccc1. The zero-order valence-corrected chi connectivity index (χ0v) is 13.9. The Morgan fingerprint density at radius 2 is 1.67 bits per heavy atom. The molecule has 0 aromatic heterocycles. The van der Waals surface area contributed by atoms with Crippen LogP contribution in [0.1, 0.15) is 22.7 Å². The van der Waals surface area contributed by atoms with Crippen LogP contribution in [-0.4, -0.2) is 25.2 Å². The van der Waals surface area contributed by atoms with Gasteiger partial charge in [0.15, 0.2) is 0 Å². The molecular formula is C17H19N3O3S. The third-order valence-electron chi connectivity index (χ3n) is 4.12. The minimum Gasteiger partial charge on any atom is -0.368 e. The summed E-state index contributed by atoms with van der Waals surface area (Å²) in [6.45, 7) is 0.651. The van der Waals surface area contributed by atoms with Crippen molar-refractivity contribution in [1.82, 2.24) is 9.03 Å². The molecule has 0 unspecified atom stereocenters. The summed E-state index contributed by atoms with van der Waals surface area (Å²) in [6, 6.07) is 15.3. The molecule has 3 rings (SSSR count). The third-order valence-corrected chi connectivity index (χ3v) is 5.64. The van der Waals surface area contributed by atoms with Gasteiger partial charge in [0.25, 0.3) is 10.2 Å². The number of nitrogens with two attached hydrogens (primary N) is 1. The second-order valence-corrected chi connectivity index (χ2v) is 7.42. The summed E-state index contributed by atoms with van der Waals surface area (Å²) in [5, 5.41) is 0. The molecule has 126 valence electrons. The number of nitrogens with one attached hydrogen (secondary N) is 1. The van der Waals surface area contributed by atoms with Gasteiger partial charge in [-0.3, -0.25) is 4.79 Å². The van der Waals surface area contributed by atoms with Gasteiger partial charge in [-0.2, -0.15) is 17.4 Å². The van der Waals surface area contributed by atoms with Gasteiger partial charge in [0.2, 0.25) is 5.91 Å². The van der Waals surface area contributed by atoms with E-state index in [0.717, 1.165) is 11.1 Å². The van der Waals surface area contributed by atoms with E-state index in [9.17, 15) is 13.2 Å². The molecule has 24 heavy (non-hydrogen) atoms. The second-order valence-electron chi connectivity index (χ2n) is 5.72. The van der Waals surface area contributed by atoms with Crippen molar-refractivity contribution in [3.05, 3.63) is 71.3 Å². The molecule has 2 aromatic carbocycles. The van der Waals surface area contributed by atoms with Gasteiger partial charge in [0.05, 0.1) is 0 Å². The highest BCUT2D eigenvalue weighted by atomic mass is 32.2. The number of hydrogen-bond donors (Lipinski definition) is 2. The zero-order valence-electron chi connectivity index (χ0n) is 13.1. The maximum absolute atomic E-state index is 12.7. The molecule has 1 aliphatic rings. The summed E-state index contributed by atoms with van der Waals surface area (Å²) < 4.78 is 29.2. The fourth-order valence-electron chi connectivity index (χ4n) is 2.83. The van der Waals surface area contributed by atoms with E-state index in [1.807, 2.05) is 24.3 Å². The highest BCUT2D eigenvalue weighted by Gasteiger charge is 2.31. The first-order valence-corrected chi connectivity index (χ1v) is 9.10. The largest absolute Gasteiger partial charge is 0.368 e. The van der Waals surface area contributed by atoms with Gasteiger partial charge in [-0.05, 0) is 23.1 Å². The first kappa shape index (κ1) is 16.6. The lowest BCUT2D eigenvalue weighted by Gasteiger charge is -2.29. The second kappa shape index (κ2) is 6.72. The summed E-state index contributed by atoms with van der Waals surface area (Å²) in [5.41, 5.74) is 8.04. The topological polar surface area (TPSA) is 92.5 Å². The Kier molecular flexibility index (Phi) is 4.66. The number of nitrogens with zero attached hydrogens (tertiary/aromatic N) is 1. The number of hydrogen-bond acceptors (Lipinski definition) is 3. The van der Waals surface area contributed by atoms with Crippen molar-refractivity contribution in [1.29, 1.82) is 0 Å².